The molecule has 3 heterocycles. The quantitative estimate of drug-likeness (QED) is 0.578. The van der Waals surface area contributed by atoms with Gasteiger partial charge in [-0.2, -0.15) is 0 Å². The first-order valence-corrected chi connectivity index (χ1v) is 9.30. The molecular weight excluding hydrogens is 308 g/mol. The van der Waals surface area contributed by atoms with E-state index >= 15 is 0 Å². The summed E-state index contributed by atoms with van der Waals surface area (Å²) in [7, 11) is 0. The van der Waals surface area contributed by atoms with Crippen molar-refractivity contribution in [2.75, 3.05) is 19.7 Å². The number of nitrogens with one attached hydrogen (secondary N) is 1. The molecule has 0 unspecified atom stereocenters. The summed E-state index contributed by atoms with van der Waals surface area (Å²) in [6, 6.07) is 2.83. The van der Waals surface area contributed by atoms with Crippen molar-refractivity contribution in [2.24, 2.45) is 11.6 Å². The Labute approximate surface area is 142 Å². The third-order valence-electron chi connectivity index (χ3n) is 5.11. The number of ether oxygens (including phenoxy) is 1. The second kappa shape index (κ2) is 6.81. The van der Waals surface area contributed by atoms with Gasteiger partial charge in [0.25, 0.3) is 0 Å². The van der Waals surface area contributed by atoms with E-state index < -0.39 is 0 Å². The number of rotatable bonds is 4. The third-order valence-corrected chi connectivity index (χ3v) is 6.45. The molecule has 128 valence electrons. The van der Waals surface area contributed by atoms with Crippen molar-refractivity contribution in [1.29, 1.82) is 0 Å². The zero-order valence-electron chi connectivity index (χ0n) is 14.1. The highest BCUT2D eigenvalue weighted by molar-refractivity contribution is 7.12. The molecule has 5 nitrogen and oxygen atoms in total. The second-order valence-corrected chi connectivity index (χ2v) is 7.88. The Kier molecular flexibility index (Phi) is 4.96. The van der Waals surface area contributed by atoms with Gasteiger partial charge < -0.3 is 15.9 Å². The number of likely N-dealkylation sites (tertiary alicyclic amines) is 1. The number of hydrogen-bond acceptors (Lipinski definition) is 6. The smallest absolute Gasteiger partial charge is 0.0969 e. The lowest BCUT2D eigenvalue weighted by Crippen LogP contribution is -2.51. The maximum absolute atomic E-state index is 6.36. The summed E-state index contributed by atoms with van der Waals surface area (Å²) >= 11 is 1.98. The number of thiophene rings is 1. The zero-order chi connectivity index (χ0) is 16.4. The molecule has 0 aromatic carbocycles. The van der Waals surface area contributed by atoms with Gasteiger partial charge in [0.05, 0.1) is 12.2 Å². The van der Waals surface area contributed by atoms with Crippen molar-refractivity contribution < 1.29 is 4.74 Å². The van der Waals surface area contributed by atoms with Crippen molar-refractivity contribution >= 4 is 11.3 Å². The van der Waals surface area contributed by atoms with Gasteiger partial charge >= 0.3 is 0 Å². The molecule has 2 atom stereocenters. The van der Waals surface area contributed by atoms with E-state index in [1.807, 2.05) is 11.3 Å². The Bertz CT molecular complexity index is 585. The van der Waals surface area contributed by atoms with Crippen LogP contribution < -0.4 is 17.0 Å². The molecule has 1 saturated heterocycles. The van der Waals surface area contributed by atoms with E-state index in [1.54, 1.807) is 11.1 Å². The highest BCUT2D eigenvalue weighted by atomic mass is 32.1. The van der Waals surface area contributed by atoms with Crippen LogP contribution in [0.5, 0.6) is 0 Å². The van der Waals surface area contributed by atoms with Crippen LogP contribution in [0.3, 0.4) is 0 Å². The zero-order valence-corrected chi connectivity index (χ0v) is 14.9. The lowest BCUT2D eigenvalue weighted by atomic mass is 9.79. The van der Waals surface area contributed by atoms with Gasteiger partial charge in [-0.05, 0) is 37.8 Å². The maximum atomic E-state index is 6.36. The van der Waals surface area contributed by atoms with Crippen LogP contribution in [-0.4, -0.2) is 30.6 Å². The van der Waals surface area contributed by atoms with Gasteiger partial charge in [-0.25, -0.2) is 0 Å². The van der Waals surface area contributed by atoms with E-state index in [1.165, 1.54) is 10.4 Å². The van der Waals surface area contributed by atoms with Gasteiger partial charge in [-0.15, -0.1) is 11.3 Å². The number of piperidine rings is 1. The van der Waals surface area contributed by atoms with Crippen LogP contribution in [0.15, 0.2) is 18.0 Å². The molecule has 1 aromatic rings. The largest absolute Gasteiger partial charge is 0.400 e. The summed E-state index contributed by atoms with van der Waals surface area (Å²) in [5.41, 5.74) is 10.7. The van der Waals surface area contributed by atoms with Crippen LogP contribution in [-0.2, 0) is 23.2 Å². The second-order valence-electron chi connectivity index (χ2n) is 6.66. The molecule has 0 saturated carbocycles. The lowest BCUT2D eigenvalue weighted by Gasteiger charge is -2.47. The minimum atomic E-state index is -0.0853. The number of nitrogens with zero attached hydrogens (tertiary/aromatic N) is 1. The average molecular weight is 337 g/mol. The molecule has 0 amide bonds. The maximum Gasteiger partial charge on any atom is 0.0969 e. The monoisotopic (exact) mass is 336 g/mol. The topological polar surface area (TPSA) is 76.5 Å². The predicted octanol–water partition coefficient (Wildman–Crippen LogP) is 1.83. The first kappa shape index (κ1) is 16.8. The Balaban J connectivity index is 1.77. The molecule has 0 radical (unpaired) electrons. The fourth-order valence-corrected chi connectivity index (χ4v) is 5.08. The van der Waals surface area contributed by atoms with Gasteiger partial charge in [0.2, 0.25) is 0 Å². The standard InChI is InChI=1S/C17H28N4OS/c1-3-14-8-15-16(23-14)4-7-22-17(15)5-6-21(12(2)9-17)11-13(18)10-20-19/h8,10,12,20H,3-7,9,11,18-19H2,1-2H3/b13-10-/t12-,17+/m0/s1. The Hall–Kier alpha value is -1.08. The Morgan fingerprint density at radius 2 is 2.43 bits per heavy atom. The third kappa shape index (κ3) is 3.26. The summed E-state index contributed by atoms with van der Waals surface area (Å²) in [5, 5.41) is 0. The summed E-state index contributed by atoms with van der Waals surface area (Å²) in [6.07, 6.45) is 5.91. The van der Waals surface area contributed by atoms with Crippen LogP contribution >= 0.6 is 11.3 Å². The van der Waals surface area contributed by atoms with Crippen molar-refractivity contribution in [1.82, 2.24) is 10.3 Å². The Morgan fingerprint density at radius 3 is 3.13 bits per heavy atom. The number of hydrazine groups is 1. The van der Waals surface area contributed by atoms with Gasteiger partial charge in [0.1, 0.15) is 0 Å². The van der Waals surface area contributed by atoms with E-state index in [0.717, 1.165) is 51.1 Å². The molecule has 23 heavy (non-hydrogen) atoms. The molecule has 1 spiro atoms. The number of nitrogens with two attached hydrogens (primary N) is 2. The van der Waals surface area contributed by atoms with Gasteiger partial charge in [0.15, 0.2) is 0 Å². The molecule has 6 heteroatoms. The average Bonchev–Trinajstić information content (AvgIpc) is 2.96. The van der Waals surface area contributed by atoms with Crippen molar-refractivity contribution in [3.63, 3.8) is 0 Å². The van der Waals surface area contributed by atoms with Gasteiger partial charge in [0, 0.05) is 47.2 Å². The fraction of sp³-hybridized carbons (Fsp3) is 0.647. The van der Waals surface area contributed by atoms with Crippen LogP contribution in [0.2, 0.25) is 0 Å². The van der Waals surface area contributed by atoms with E-state index in [0.29, 0.717) is 6.04 Å². The minimum absolute atomic E-state index is 0.0853. The number of hydrogen-bond donors (Lipinski definition) is 3. The SMILES string of the molecule is CCc1cc2c(s1)CCO[C@@]21CCN(C/C(N)=C/NN)[C@@H](C)C1. The molecular formula is C17H28N4OS. The molecule has 1 aromatic heterocycles. The molecule has 5 N–H and O–H groups in total. The highest BCUT2D eigenvalue weighted by Gasteiger charge is 2.44. The summed E-state index contributed by atoms with van der Waals surface area (Å²) in [6.45, 7) is 7.10. The highest BCUT2D eigenvalue weighted by Crippen LogP contribution is 2.46. The van der Waals surface area contributed by atoms with Crippen LogP contribution in [0, 0.1) is 0 Å². The van der Waals surface area contributed by atoms with Crippen LogP contribution in [0.1, 0.15) is 42.0 Å². The predicted molar refractivity (Wildman–Crippen MR) is 94.9 cm³/mol. The molecule has 2 aliphatic rings. The first-order chi connectivity index (χ1) is 11.1. The minimum Gasteiger partial charge on any atom is -0.400 e. The molecule has 3 rings (SSSR count). The van der Waals surface area contributed by atoms with E-state index in [9.17, 15) is 0 Å². The molecule has 2 aliphatic heterocycles. The Morgan fingerprint density at radius 1 is 1.61 bits per heavy atom. The molecule has 0 aliphatic carbocycles. The van der Waals surface area contributed by atoms with Crippen molar-refractivity contribution in [2.45, 2.75) is 51.2 Å². The molecule has 1 fully saturated rings. The van der Waals surface area contributed by atoms with E-state index in [2.05, 4.69) is 30.2 Å². The summed E-state index contributed by atoms with van der Waals surface area (Å²) in [4.78, 5) is 5.44. The molecule has 0 bridgehead atoms. The van der Waals surface area contributed by atoms with E-state index in [-0.39, 0.29) is 5.60 Å². The summed E-state index contributed by atoms with van der Waals surface area (Å²) < 4.78 is 6.36. The van der Waals surface area contributed by atoms with Gasteiger partial charge in [-0.1, -0.05) is 6.92 Å². The number of aryl methyl sites for hydroxylation is 1. The van der Waals surface area contributed by atoms with Crippen LogP contribution in [0.4, 0.5) is 0 Å². The number of fused-ring (bicyclic) bond motifs is 2. The first-order valence-electron chi connectivity index (χ1n) is 8.48. The lowest BCUT2D eigenvalue weighted by molar-refractivity contribution is -0.109. The van der Waals surface area contributed by atoms with Crippen molar-refractivity contribution in [3.05, 3.63) is 33.3 Å². The summed E-state index contributed by atoms with van der Waals surface area (Å²) in [5.74, 6) is 5.31. The fourth-order valence-electron chi connectivity index (χ4n) is 3.90. The van der Waals surface area contributed by atoms with Crippen LogP contribution in [0.25, 0.3) is 0 Å². The van der Waals surface area contributed by atoms with Crippen molar-refractivity contribution in [3.8, 4) is 0 Å². The normalized spacial score (nSPS) is 28.8. The van der Waals surface area contributed by atoms with E-state index in [4.69, 9.17) is 16.3 Å². The van der Waals surface area contributed by atoms with Gasteiger partial charge in [-0.3, -0.25) is 10.7 Å².